The second-order valence-corrected chi connectivity index (χ2v) is 6.91. The first kappa shape index (κ1) is 16.1. The second-order valence-electron chi connectivity index (χ2n) is 6.91. The lowest BCUT2D eigenvalue weighted by molar-refractivity contribution is 0.173. The van der Waals surface area contributed by atoms with Crippen molar-refractivity contribution in [2.45, 2.75) is 32.2 Å². The van der Waals surface area contributed by atoms with Gasteiger partial charge in [-0.05, 0) is 49.6 Å². The van der Waals surface area contributed by atoms with Crippen LogP contribution in [-0.2, 0) is 6.54 Å². The molecule has 0 atom stereocenters. The van der Waals surface area contributed by atoms with Crippen molar-refractivity contribution in [3.63, 3.8) is 0 Å². The van der Waals surface area contributed by atoms with E-state index < -0.39 is 0 Å². The van der Waals surface area contributed by atoms with Crippen LogP contribution in [0.25, 0.3) is 11.1 Å². The van der Waals surface area contributed by atoms with Crippen molar-refractivity contribution < 1.29 is 8.94 Å². The number of piperidine rings is 1. The summed E-state index contributed by atoms with van der Waals surface area (Å²) in [5.74, 6) is 2.53. The number of aryl methyl sites for hydroxylation is 1. The van der Waals surface area contributed by atoms with Gasteiger partial charge in [-0.1, -0.05) is 12.1 Å². The fraction of sp³-hybridized carbons (Fsp3) is 0.500. The molecule has 4 rings (SSSR count). The van der Waals surface area contributed by atoms with Crippen LogP contribution in [-0.4, -0.2) is 47.2 Å². The van der Waals surface area contributed by atoms with E-state index in [0.717, 1.165) is 48.5 Å². The number of hydrogen-bond acceptors (Lipinski definition) is 7. The van der Waals surface area contributed by atoms with Gasteiger partial charge in [-0.25, -0.2) is 4.98 Å². The SMILES string of the molecule is Cc1cccc2nc(C3CCN(Cc4nc(N(C)C)no4)CC3)oc12. The normalized spacial score (nSPS) is 16.6. The molecule has 1 aliphatic rings. The summed E-state index contributed by atoms with van der Waals surface area (Å²) < 4.78 is 11.4. The lowest BCUT2D eigenvalue weighted by Gasteiger charge is -2.29. The second kappa shape index (κ2) is 6.48. The molecule has 1 aromatic carbocycles. The summed E-state index contributed by atoms with van der Waals surface area (Å²) in [5, 5.41) is 3.96. The number of aromatic nitrogens is 3. The molecule has 1 fully saturated rings. The van der Waals surface area contributed by atoms with E-state index in [-0.39, 0.29) is 0 Å². The van der Waals surface area contributed by atoms with Crippen LogP contribution in [0.2, 0.25) is 0 Å². The molecule has 7 nitrogen and oxygen atoms in total. The van der Waals surface area contributed by atoms with Crippen molar-refractivity contribution in [3.05, 3.63) is 35.5 Å². The first-order valence-electron chi connectivity index (χ1n) is 8.68. The number of benzene rings is 1. The number of likely N-dealkylation sites (tertiary alicyclic amines) is 1. The molecule has 25 heavy (non-hydrogen) atoms. The summed E-state index contributed by atoms with van der Waals surface area (Å²) in [6.45, 7) is 4.70. The summed E-state index contributed by atoms with van der Waals surface area (Å²) in [7, 11) is 3.81. The Morgan fingerprint density at radius 1 is 1.20 bits per heavy atom. The van der Waals surface area contributed by atoms with Crippen molar-refractivity contribution in [2.75, 3.05) is 32.1 Å². The van der Waals surface area contributed by atoms with E-state index in [4.69, 9.17) is 13.9 Å². The molecular formula is C18H23N5O2. The van der Waals surface area contributed by atoms with Gasteiger partial charge in [0.05, 0.1) is 6.54 Å². The predicted octanol–water partition coefficient (Wildman–Crippen LogP) is 2.96. The molecule has 7 heteroatoms. The lowest BCUT2D eigenvalue weighted by Crippen LogP contribution is -2.32. The van der Waals surface area contributed by atoms with Crippen molar-refractivity contribution in [2.24, 2.45) is 0 Å². The molecule has 3 aromatic rings. The molecule has 0 N–H and O–H groups in total. The number of oxazole rings is 1. The van der Waals surface area contributed by atoms with E-state index >= 15 is 0 Å². The molecule has 1 aliphatic heterocycles. The van der Waals surface area contributed by atoms with Gasteiger partial charge < -0.3 is 13.8 Å². The van der Waals surface area contributed by atoms with Crippen LogP contribution >= 0.6 is 0 Å². The highest BCUT2D eigenvalue weighted by molar-refractivity contribution is 5.76. The van der Waals surface area contributed by atoms with Crippen LogP contribution in [0.5, 0.6) is 0 Å². The zero-order chi connectivity index (χ0) is 17.4. The Labute approximate surface area is 146 Å². The van der Waals surface area contributed by atoms with Gasteiger partial charge in [-0.15, -0.1) is 0 Å². The fourth-order valence-corrected chi connectivity index (χ4v) is 3.30. The quantitative estimate of drug-likeness (QED) is 0.722. The summed E-state index contributed by atoms with van der Waals surface area (Å²) in [6, 6.07) is 6.10. The molecule has 3 heterocycles. The van der Waals surface area contributed by atoms with Crippen molar-refractivity contribution in [3.8, 4) is 0 Å². The third kappa shape index (κ3) is 3.24. The molecule has 0 bridgehead atoms. The lowest BCUT2D eigenvalue weighted by atomic mass is 9.97. The molecule has 0 spiro atoms. The molecular weight excluding hydrogens is 318 g/mol. The van der Waals surface area contributed by atoms with Gasteiger partial charge in [-0.3, -0.25) is 4.90 Å². The highest BCUT2D eigenvalue weighted by atomic mass is 16.5. The zero-order valence-electron chi connectivity index (χ0n) is 14.9. The topological polar surface area (TPSA) is 71.4 Å². The Morgan fingerprint density at radius 2 is 2.00 bits per heavy atom. The fourth-order valence-electron chi connectivity index (χ4n) is 3.30. The van der Waals surface area contributed by atoms with Crippen LogP contribution in [0.15, 0.2) is 27.1 Å². The Balaban J connectivity index is 1.39. The Hall–Kier alpha value is -2.41. The highest BCUT2D eigenvalue weighted by Crippen LogP contribution is 2.31. The van der Waals surface area contributed by atoms with E-state index in [9.17, 15) is 0 Å². The zero-order valence-corrected chi connectivity index (χ0v) is 14.9. The van der Waals surface area contributed by atoms with Gasteiger partial charge in [0.15, 0.2) is 11.5 Å². The van der Waals surface area contributed by atoms with Crippen LogP contribution in [0.1, 0.15) is 36.1 Å². The smallest absolute Gasteiger partial charge is 0.265 e. The summed E-state index contributed by atoms with van der Waals surface area (Å²) in [6.07, 6.45) is 2.06. The molecule has 132 valence electrons. The first-order valence-corrected chi connectivity index (χ1v) is 8.68. The van der Waals surface area contributed by atoms with Gasteiger partial charge in [0.2, 0.25) is 5.89 Å². The number of hydrogen-bond donors (Lipinski definition) is 0. The minimum absolute atomic E-state index is 0.378. The van der Waals surface area contributed by atoms with Crippen LogP contribution in [0.3, 0.4) is 0 Å². The van der Waals surface area contributed by atoms with Crippen molar-refractivity contribution >= 4 is 17.0 Å². The Morgan fingerprint density at radius 3 is 2.68 bits per heavy atom. The van der Waals surface area contributed by atoms with Crippen LogP contribution < -0.4 is 4.90 Å². The molecule has 0 unspecified atom stereocenters. The first-order chi connectivity index (χ1) is 12.1. The summed E-state index contributed by atoms with van der Waals surface area (Å²) >= 11 is 0. The Bertz CT molecular complexity index is 861. The van der Waals surface area contributed by atoms with Crippen LogP contribution in [0, 0.1) is 6.92 Å². The number of rotatable bonds is 4. The number of anilines is 1. The third-order valence-electron chi connectivity index (χ3n) is 4.78. The maximum absolute atomic E-state index is 6.05. The standard InChI is InChI=1S/C18H23N5O2/c1-12-5-4-6-14-16(12)24-17(19-14)13-7-9-23(10-8-13)11-15-20-18(21-25-15)22(2)3/h4-6,13H,7-11H2,1-3H3. The van der Waals surface area contributed by atoms with Gasteiger partial charge in [-0.2, -0.15) is 4.98 Å². The van der Waals surface area contributed by atoms with Crippen molar-refractivity contribution in [1.82, 2.24) is 20.0 Å². The molecule has 0 aliphatic carbocycles. The molecule has 1 saturated heterocycles. The largest absolute Gasteiger partial charge is 0.440 e. The molecule has 0 radical (unpaired) electrons. The number of nitrogens with zero attached hydrogens (tertiary/aromatic N) is 5. The minimum Gasteiger partial charge on any atom is -0.440 e. The van der Waals surface area contributed by atoms with E-state index in [0.29, 0.717) is 24.3 Å². The average molecular weight is 341 g/mol. The van der Waals surface area contributed by atoms with Gasteiger partial charge in [0.1, 0.15) is 5.52 Å². The summed E-state index contributed by atoms with van der Waals surface area (Å²) in [4.78, 5) is 13.3. The maximum Gasteiger partial charge on any atom is 0.265 e. The molecule has 0 amide bonds. The van der Waals surface area contributed by atoms with Gasteiger partial charge in [0, 0.05) is 20.0 Å². The average Bonchev–Trinajstić information content (AvgIpc) is 3.23. The minimum atomic E-state index is 0.378. The van der Waals surface area contributed by atoms with E-state index in [1.807, 2.05) is 31.1 Å². The van der Waals surface area contributed by atoms with E-state index in [2.05, 4.69) is 28.0 Å². The number of para-hydroxylation sites is 1. The Kier molecular flexibility index (Phi) is 4.17. The van der Waals surface area contributed by atoms with E-state index in [1.165, 1.54) is 0 Å². The monoisotopic (exact) mass is 341 g/mol. The molecule has 0 saturated carbocycles. The van der Waals surface area contributed by atoms with Crippen molar-refractivity contribution in [1.29, 1.82) is 0 Å². The predicted molar refractivity (Wildman–Crippen MR) is 94.6 cm³/mol. The highest BCUT2D eigenvalue weighted by Gasteiger charge is 2.26. The third-order valence-corrected chi connectivity index (χ3v) is 4.78. The van der Waals surface area contributed by atoms with E-state index in [1.54, 1.807) is 0 Å². The summed E-state index contributed by atoms with van der Waals surface area (Å²) in [5.41, 5.74) is 3.02. The maximum atomic E-state index is 6.05. The number of fused-ring (bicyclic) bond motifs is 1. The van der Waals surface area contributed by atoms with Gasteiger partial charge >= 0.3 is 0 Å². The van der Waals surface area contributed by atoms with Crippen LogP contribution in [0.4, 0.5) is 5.95 Å². The molecule has 2 aromatic heterocycles. The van der Waals surface area contributed by atoms with Gasteiger partial charge in [0.25, 0.3) is 5.95 Å².